The molecule has 1 aliphatic heterocycles. The third-order valence-electron chi connectivity index (χ3n) is 4.04. The third-order valence-corrected chi connectivity index (χ3v) is 5.16. The number of rotatable bonds is 5. The average Bonchev–Trinajstić information content (AvgIpc) is 3.11. The van der Waals surface area contributed by atoms with Gasteiger partial charge in [0.05, 0.1) is 25.5 Å². The monoisotopic (exact) mass is 388 g/mol. The van der Waals surface area contributed by atoms with Crippen molar-refractivity contribution in [3.63, 3.8) is 0 Å². The van der Waals surface area contributed by atoms with Crippen LogP contribution in [0.4, 0.5) is 27.0 Å². The number of aliphatic imine (C=N–C) groups is 1. The summed E-state index contributed by atoms with van der Waals surface area (Å²) < 4.78 is 20.6. The van der Waals surface area contributed by atoms with Gasteiger partial charge >= 0.3 is 0 Å². The minimum Gasteiger partial charge on any atom is -0.384 e. The van der Waals surface area contributed by atoms with E-state index in [2.05, 4.69) is 41.9 Å². The van der Waals surface area contributed by atoms with Crippen molar-refractivity contribution in [1.29, 1.82) is 0 Å². The van der Waals surface area contributed by atoms with Gasteiger partial charge in [0.2, 0.25) is 0 Å². The molecule has 0 radical (unpaired) electrons. The number of anilines is 4. The smallest absolute Gasteiger partial charge is 0.186 e. The summed E-state index contributed by atoms with van der Waals surface area (Å²) in [5, 5.41) is 3.76. The van der Waals surface area contributed by atoms with Crippen LogP contribution < -0.4 is 16.0 Å². The van der Waals surface area contributed by atoms with E-state index in [-0.39, 0.29) is 11.6 Å². The molecule has 27 heavy (non-hydrogen) atoms. The van der Waals surface area contributed by atoms with Crippen molar-refractivity contribution in [3.05, 3.63) is 24.4 Å². The lowest BCUT2D eigenvalue weighted by molar-refractivity contribution is 0.0470. The minimum atomic E-state index is -0.474. The Balaban J connectivity index is 1.66. The van der Waals surface area contributed by atoms with Crippen molar-refractivity contribution < 1.29 is 9.13 Å². The van der Waals surface area contributed by atoms with Crippen molar-refractivity contribution in [2.45, 2.75) is 6.10 Å². The van der Waals surface area contributed by atoms with E-state index in [9.17, 15) is 4.39 Å². The molecule has 0 saturated carbocycles. The lowest BCUT2D eigenvalue weighted by atomic mass is 10.3. The van der Waals surface area contributed by atoms with Crippen LogP contribution in [0.2, 0.25) is 0 Å². The first-order valence-corrected chi connectivity index (χ1v) is 9.04. The van der Waals surface area contributed by atoms with Crippen LogP contribution in [0.25, 0.3) is 10.2 Å². The molecule has 1 fully saturated rings. The third kappa shape index (κ3) is 3.64. The maximum atomic E-state index is 14.3. The molecular formula is C16H17FN8OS. The number of morpholine rings is 1. The largest absolute Gasteiger partial charge is 0.384 e. The second kappa shape index (κ2) is 7.37. The van der Waals surface area contributed by atoms with Gasteiger partial charge in [0, 0.05) is 19.2 Å². The van der Waals surface area contributed by atoms with Crippen LogP contribution in [-0.4, -0.2) is 59.0 Å². The molecule has 4 heterocycles. The summed E-state index contributed by atoms with van der Waals surface area (Å²) in [5.41, 5.74) is 5.94. The first kappa shape index (κ1) is 17.5. The number of halogens is 1. The van der Waals surface area contributed by atoms with Gasteiger partial charge in [0.15, 0.2) is 16.8 Å². The Morgan fingerprint density at radius 2 is 2.33 bits per heavy atom. The topological polar surface area (TPSA) is 114 Å². The molecule has 0 unspecified atom stereocenters. The van der Waals surface area contributed by atoms with Gasteiger partial charge in [-0.05, 0) is 6.72 Å². The molecule has 4 rings (SSSR count). The number of nitrogens with two attached hydrogens (primary N) is 1. The van der Waals surface area contributed by atoms with Crippen molar-refractivity contribution in [2.75, 3.05) is 42.2 Å². The molecule has 1 saturated heterocycles. The number of hydrogen-bond acceptors (Lipinski definition) is 10. The Kier molecular flexibility index (Phi) is 4.77. The van der Waals surface area contributed by atoms with Gasteiger partial charge < -0.3 is 20.7 Å². The number of hydrogen-bond donors (Lipinski definition) is 2. The Hall–Kier alpha value is -2.92. The van der Waals surface area contributed by atoms with E-state index in [0.29, 0.717) is 53.5 Å². The van der Waals surface area contributed by atoms with Crippen molar-refractivity contribution in [2.24, 2.45) is 4.99 Å². The van der Waals surface area contributed by atoms with Crippen LogP contribution in [0.1, 0.15) is 0 Å². The Bertz CT molecular complexity index is 980. The SMILES string of the molecule is C=NC[C@H]1CN(c2nc3c(F)cnc(Nc4cc(N)ncn4)c3s2)CCO1. The number of nitrogen functional groups attached to an aromatic ring is 1. The first-order chi connectivity index (χ1) is 13.1. The van der Waals surface area contributed by atoms with Crippen LogP contribution in [0.3, 0.4) is 0 Å². The number of nitrogens with zero attached hydrogens (tertiary/aromatic N) is 6. The molecule has 0 amide bonds. The van der Waals surface area contributed by atoms with Gasteiger partial charge in [-0.2, -0.15) is 0 Å². The normalized spacial score (nSPS) is 17.2. The minimum absolute atomic E-state index is 0.0483. The average molecular weight is 388 g/mol. The molecule has 1 aliphatic rings. The first-order valence-electron chi connectivity index (χ1n) is 8.22. The van der Waals surface area contributed by atoms with E-state index in [1.165, 1.54) is 17.7 Å². The fraction of sp³-hybridized carbons (Fsp3) is 0.312. The highest BCUT2D eigenvalue weighted by molar-refractivity contribution is 7.22. The second-order valence-electron chi connectivity index (χ2n) is 5.93. The predicted molar refractivity (Wildman–Crippen MR) is 103 cm³/mol. The molecule has 0 bridgehead atoms. The fourth-order valence-electron chi connectivity index (χ4n) is 2.81. The van der Waals surface area contributed by atoms with Gasteiger partial charge in [-0.3, -0.25) is 4.99 Å². The summed E-state index contributed by atoms with van der Waals surface area (Å²) in [7, 11) is 0. The molecule has 3 aromatic heterocycles. The Labute approximate surface area is 158 Å². The zero-order valence-electron chi connectivity index (χ0n) is 14.3. The quantitative estimate of drug-likeness (QED) is 0.637. The number of fused-ring (bicyclic) bond motifs is 1. The summed E-state index contributed by atoms with van der Waals surface area (Å²) >= 11 is 1.36. The van der Waals surface area contributed by atoms with Crippen LogP contribution >= 0.6 is 11.3 Å². The second-order valence-corrected chi connectivity index (χ2v) is 6.90. The van der Waals surface area contributed by atoms with Gasteiger partial charge in [-0.15, -0.1) is 0 Å². The molecule has 0 spiro atoms. The van der Waals surface area contributed by atoms with Crippen molar-refractivity contribution >= 4 is 50.9 Å². The highest BCUT2D eigenvalue weighted by atomic mass is 32.1. The maximum absolute atomic E-state index is 14.3. The van der Waals surface area contributed by atoms with E-state index in [4.69, 9.17) is 10.5 Å². The molecule has 0 aromatic carbocycles. The highest BCUT2D eigenvalue weighted by Gasteiger charge is 2.24. The highest BCUT2D eigenvalue weighted by Crippen LogP contribution is 2.35. The molecule has 1 atom stereocenters. The van der Waals surface area contributed by atoms with Crippen molar-refractivity contribution in [3.8, 4) is 0 Å². The van der Waals surface area contributed by atoms with Crippen LogP contribution in [-0.2, 0) is 4.74 Å². The van der Waals surface area contributed by atoms with E-state index in [1.807, 2.05) is 0 Å². The summed E-state index contributed by atoms with van der Waals surface area (Å²) in [5.74, 6) is 0.788. The lowest BCUT2D eigenvalue weighted by Gasteiger charge is -2.31. The van der Waals surface area contributed by atoms with Crippen molar-refractivity contribution in [1.82, 2.24) is 19.9 Å². The standard InChI is InChI=1S/C16H17FN8OS/c1-19-5-9-7-25(2-3-26-9)16-24-13-10(17)6-20-15(14(13)27-16)23-12-4-11(18)21-8-22-12/h4,6,8-9H,1-3,5,7H2,(H3,18,20,21,22,23)/t9-/m0/s1. The number of pyridine rings is 1. The lowest BCUT2D eigenvalue weighted by Crippen LogP contribution is -2.43. The van der Waals surface area contributed by atoms with E-state index < -0.39 is 5.82 Å². The van der Waals surface area contributed by atoms with Gasteiger partial charge in [0.1, 0.15) is 28.2 Å². The molecule has 3 aromatic rings. The zero-order chi connectivity index (χ0) is 18.8. The van der Waals surface area contributed by atoms with Crippen LogP contribution in [0.15, 0.2) is 23.6 Å². The zero-order valence-corrected chi connectivity index (χ0v) is 15.1. The van der Waals surface area contributed by atoms with Crippen LogP contribution in [0, 0.1) is 5.82 Å². The summed E-state index contributed by atoms with van der Waals surface area (Å²) in [6.07, 6.45) is 2.44. The number of thiazole rings is 1. The summed E-state index contributed by atoms with van der Waals surface area (Å²) in [6.45, 7) is 5.88. The summed E-state index contributed by atoms with van der Waals surface area (Å²) in [6, 6.07) is 1.58. The summed E-state index contributed by atoms with van der Waals surface area (Å²) in [4.78, 5) is 22.5. The number of ether oxygens (including phenoxy) is 1. The molecule has 9 nitrogen and oxygen atoms in total. The van der Waals surface area contributed by atoms with Crippen LogP contribution in [0.5, 0.6) is 0 Å². The molecular weight excluding hydrogens is 371 g/mol. The Morgan fingerprint density at radius 3 is 3.15 bits per heavy atom. The molecule has 11 heteroatoms. The van der Waals surface area contributed by atoms with Gasteiger partial charge in [-0.25, -0.2) is 24.3 Å². The van der Waals surface area contributed by atoms with E-state index in [1.54, 1.807) is 6.07 Å². The van der Waals surface area contributed by atoms with Gasteiger partial charge in [-0.1, -0.05) is 11.3 Å². The molecule has 3 N–H and O–H groups in total. The predicted octanol–water partition coefficient (Wildman–Crippen LogP) is 1.85. The maximum Gasteiger partial charge on any atom is 0.186 e. The van der Waals surface area contributed by atoms with Gasteiger partial charge in [0.25, 0.3) is 0 Å². The Morgan fingerprint density at radius 1 is 1.44 bits per heavy atom. The van der Waals surface area contributed by atoms with E-state index in [0.717, 1.165) is 6.20 Å². The number of aromatic nitrogens is 4. The molecule has 140 valence electrons. The number of nitrogens with one attached hydrogen (secondary N) is 1. The van der Waals surface area contributed by atoms with E-state index >= 15 is 0 Å². The fourth-order valence-corrected chi connectivity index (χ4v) is 3.86. The molecule has 0 aliphatic carbocycles.